The Balaban J connectivity index is 1.53. The molecule has 5 heterocycles. The molecule has 0 unspecified atom stereocenters. The third kappa shape index (κ3) is 5.18. The van der Waals surface area contributed by atoms with Crippen LogP contribution in [0.3, 0.4) is 0 Å². The molecule has 3 aromatic heterocycles. The molecular formula is C25H32N4O3S3. The number of thiophene rings is 1. The van der Waals surface area contributed by atoms with E-state index in [0.29, 0.717) is 30.0 Å². The highest BCUT2D eigenvalue weighted by Crippen LogP contribution is 2.44. The zero-order valence-electron chi connectivity index (χ0n) is 20.9. The number of hydrogen-bond acceptors (Lipinski definition) is 9. The van der Waals surface area contributed by atoms with Gasteiger partial charge in [-0.25, -0.2) is 15.0 Å². The van der Waals surface area contributed by atoms with Crippen LogP contribution in [0, 0.1) is 0 Å². The standard InChI is InChI=1S/C25H32N4O3S3/c1-13(2)19-16-11-32-25(3,4)9-15(16)18-20-21(35-22(18)27-19)23(29-24(28-20)33-5)34-12-17(30)26-10-14-7-6-8-31-14/h13-14H,6-12H2,1-5H3,(H,26,30)/t14-/m1/s1. The summed E-state index contributed by atoms with van der Waals surface area (Å²) in [5, 5.41) is 5.70. The summed E-state index contributed by atoms with van der Waals surface area (Å²) in [5.41, 5.74) is 4.33. The largest absolute Gasteiger partial charge is 0.376 e. The van der Waals surface area contributed by atoms with Crippen molar-refractivity contribution in [2.45, 2.75) is 81.4 Å². The van der Waals surface area contributed by atoms with E-state index in [1.807, 2.05) is 6.26 Å². The first kappa shape index (κ1) is 25.2. The summed E-state index contributed by atoms with van der Waals surface area (Å²) in [6, 6.07) is 0. The fraction of sp³-hybridized carbons (Fsp3) is 0.600. The van der Waals surface area contributed by atoms with Crippen molar-refractivity contribution in [3.8, 4) is 0 Å². The smallest absolute Gasteiger partial charge is 0.230 e. The van der Waals surface area contributed by atoms with E-state index in [1.165, 1.54) is 34.7 Å². The Hall–Kier alpha value is -1.46. The molecule has 1 atom stereocenters. The van der Waals surface area contributed by atoms with Crippen molar-refractivity contribution in [2.75, 3.05) is 25.2 Å². The van der Waals surface area contributed by atoms with Crippen molar-refractivity contribution in [1.82, 2.24) is 20.3 Å². The number of thioether (sulfide) groups is 2. The van der Waals surface area contributed by atoms with Crippen LogP contribution >= 0.6 is 34.9 Å². The topological polar surface area (TPSA) is 86.2 Å². The summed E-state index contributed by atoms with van der Waals surface area (Å²) < 4.78 is 12.8. The summed E-state index contributed by atoms with van der Waals surface area (Å²) in [6.07, 6.45) is 5.02. The molecule has 1 N–H and O–H groups in total. The molecule has 1 amide bonds. The number of carbonyl (C=O) groups excluding carboxylic acids is 1. The quantitative estimate of drug-likeness (QED) is 0.248. The van der Waals surface area contributed by atoms with Gasteiger partial charge in [-0.15, -0.1) is 11.3 Å². The second-order valence-corrected chi connectivity index (χ2v) is 12.8. The van der Waals surface area contributed by atoms with Crippen molar-refractivity contribution >= 4 is 61.2 Å². The van der Waals surface area contributed by atoms with Gasteiger partial charge < -0.3 is 14.8 Å². The molecule has 10 heteroatoms. The van der Waals surface area contributed by atoms with E-state index in [0.717, 1.165) is 57.0 Å². The number of ether oxygens (including phenoxy) is 2. The fourth-order valence-corrected chi connectivity index (χ4v) is 7.25. The molecule has 7 nitrogen and oxygen atoms in total. The third-order valence-electron chi connectivity index (χ3n) is 6.49. The minimum atomic E-state index is -0.238. The summed E-state index contributed by atoms with van der Waals surface area (Å²) >= 11 is 4.64. The second-order valence-electron chi connectivity index (χ2n) is 10.0. The first-order valence-corrected chi connectivity index (χ1v) is 15.1. The monoisotopic (exact) mass is 532 g/mol. The third-order valence-corrected chi connectivity index (χ3v) is 9.22. The number of rotatable bonds is 7. The van der Waals surface area contributed by atoms with Crippen LogP contribution < -0.4 is 5.32 Å². The highest BCUT2D eigenvalue weighted by atomic mass is 32.2. The van der Waals surface area contributed by atoms with Crippen LogP contribution in [0.1, 0.15) is 63.3 Å². The van der Waals surface area contributed by atoms with E-state index in [2.05, 4.69) is 33.0 Å². The van der Waals surface area contributed by atoms with Gasteiger partial charge in [0.05, 0.1) is 40.0 Å². The Morgan fingerprint density at radius 1 is 1.26 bits per heavy atom. The number of amides is 1. The van der Waals surface area contributed by atoms with Crippen LogP contribution in [0.15, 0.2) is 10.2 Å². The summed E-state index contributed by atoms with van der Waals surface area (Å²) in [6.45, 7) is 10.6. The summed E-state index contributed by atoms with van der Waals surface area (Å²) in [5.74, 6) is 0.614. The molecule has 0 saturated carbocycles. The van der Waals surface area contributed by atoms with Gasteiger partial charge in [0.1, 0.15) is 9.86 Å². The van der Waals surface area contributed by atoms with Crippen LogP contribution in [-0.4, -0.2) is 57.7 Å². The average molecular weight is 533 g/mol. The highest BCUT2D eigenvalue weighted by molar-refractivity contribution is 8.00. The van der Waals surface area contributed by atoms with Crippen molar-refractivity contribution in [3.05, 3.63) is 16.8 Å². The first-order chi connectivity index (χ1) is 16.8. The molecule has 1 fully saturated rings. The molecule has 0 aliphatic carbocycles. The molecule has 0 aromatic carbocycles. The molecule has 0 radical (unpaired) electrons. The number of nitrogens with zero attached hydrogens (tertiary/aromatic N) is 3. The minimum absolute atomic E-state index is 0.000529. The molecule has 2 aliphatic rings. The lowest BCUT2D eigenvalue weighted by Gasteiger charge is -2.33. The Morgan fingerprint density at radius 3 is 2.80 bits per heavy atom. The Kier molecular flexibility index (Phi) is 7.29. The maximum atomic E-state index is 12.6. The number of nitrogens with one attached hydrogen (secondary N) is 1. The van der Waals surface area contributed by atoms with Crippen LogP contribution in [-0.2, 0) is 27.3 Å². The molecule has 1 saturated heterocycles. The lowest BCUT2D eigenvalue weighted by molar-refractivity contribution is -0.119. The van der Waals surface area contributed by atoms with Gasteiger partial charge in [0.15, 0.2) is 5.16 Å². The molecule has 0 spiro atoms. The average Bonchev–Trinajstić information content (AvgIpc) is 3.47. The van der Waals surface area contributed by atoms with Gasteiger partial charge in [0.25, 0.3) is 0 Å². The van der Waals surface area contributed by atoms with Gasteiger partial charge in [-0.05, 0) is 44.4 Å². The van der Waals surface area contributed by atoms with Crippen molar-refractivity contribution < 1.29 is 14.3 Å². The van der Waals surface area contributed by atoms with Crippen molar-refractivity contribution in [3.63, 3.8) is 0 Å². The van der Waals surface area contributed by atoms with E-state index in [1.54, 1.807) is 11.3 Å². The van der Waals surface area contributed by atoms with Crippen molar-refractivity contribution in [1.29, 1.82) is 0 Å². The summed E-state index contributed by atoms with van der Waals surface area (Å²) in [7, 11) is 0. The maximum absolute atomic E-state index is 12.6. The van der Waals surface area contributed by atoms with Crippen LogP contribution in [0.2, 0.25) is 0 Å². The van der Waals surface area contributed by atoms with Crippen molar-refractivity contribution in [2.24, 2.45) is 0 Å². The van der Waals surface area contributed by atoms with Gasteiger partial charge in [-0.2, -0.15) is 0 Å². The zero-order chi connectivity index (χ0) is 24.7. The highest BCUT2D eigenvalue weighted by Gasteiger charge is 2.32. The Labute approximate surface area is 218 Å². The van der Waals surface area contributed by atoms with Gasteiger partial charge >= 0.3 is 0 Å². The lowest BCUT2D eigenvalue weighted by Crippen LogP contribution is -2.33. The molecule has 5 rings (SSSR count). The predicted octanol–water partition coefficient (Wildman–Crippen LogP) is 5.32. The van der Waals surface area contributed by atoms with Gasteiger partial charge in [0.2, 0.25) is 5.91 Å². The van der Waals surface area contributed by atoms with Gasteiger partial charge in [-0.1, -0.05) is 37.4 Å². The minimum Gasteiger partial charge on any atom is -0.376 e. The zero-order valence-corrected chi connectivity index (χ0v) is 23.3. The second kappa shape index (κ2) is 10.1. The first-order valence-electron chi connectivity index (χ1n) is 12.1. The molecule has 188 valence electrons. The summed E-state index contributed by atoms with van der Waals surface area (Å²) in [4.78, 5) is 28.4. The molecule has 2 aliphatic heterocycles. The van der Waals surface area contributed by atoms with Crippen LogP contribution in [0.5, 0.6) is 0 Å². The molecule has 35 heavy (non-hydrogen) atoms. The Bertz CT molecular complexity index is 1270. The van der Waals surface area contributed by atoms with E-state index < -0.39 is 0 Å². The van der Waals surface area contributed by atoms with Gasteiger partial charge in [-0.3, -0.25) is 4.79 Å². The lowest BCUT2D eigenvalue weighted by atomic mass is 9.87. The van der Waals surface area contributed by atoms with Gasteiger partial charge in [0, 0.05) is 30.5 Å². The van der Waals surface area contributed by atoms with Crippen LogP contribution in [0.4, 0.5) is 0 Å². The number of hydrogen-bond donors (Lipinski definition) is 1. The number of pyridine rings is 1. The number of aromatic nitrogens is 3. The molecular weight excluding hydrogens is 501 g/mol. The molecule has 3 aromatic rings. The van der Waals surface area contributed by atoms with E-state index >= 15 is 0 Å². The maximum Gasteiger partial charge on any atom is 0.230 e. The number of carbonyl (C=O) groups is 1. The van der Waals surface area contributed by atoms with Crippen LogP contribution in [0.25, 0.3) is 20.4 Å². The fourth-order valence-electron chi connectivity index (χ4n) is 4.74. The predicted molar refractivity (Wildman–Crippen MR) is 144 cm³/mol. The normalized spacial score (nSPS) is 19.5. The van der Waals surface area contributed by atoms with E-state index in [-0.39, 0.29) is 17.6 Å². The number of fused-ring (bicyclic) bond motifs is 5. The van der Waals surface area contributed by atoms with E-state index in [9.17, 15) is 4.79 Å². The Morgan fingerprint density at radius 2 is 2.09 bits per heavy atom. The SMILES string of the molecule is CSc1nc(SCC(=O)NC[C@H]2CCCO2)c2sc3nc(C(C)C)c4c(c3c2n1)CC(C)(C)OC4. The van der Waals surface area contributed by atoms with E-state index in [4.69, 9.17) is 24.4 Å². The molecule has 0 bridgehead atoms.